The van der Waals surface area contributed by atoms with Crippen LogP contribution in [0.15, 0.2) is 23.8 Å². The maximum Gasteiger partial charge on any atom is 0 e. The summed E-state index contributed by atoms with van der Waals surface area (Å²) >= 11 is 0. The summed E-state index contributed by atoms with van der Waals surface area (Å²) in [5, 5.41) is 0. The second kappa shape index (κ2) is 4.03. The predicted octanol–water partition coefficient (Wildman–Crippen LogP) is 2.28. The van der Waals surface area contributed by atoms with Crippen LogP contribution in [-0.2, 0) is 19.5 Å². The summed E-state index contributed by atoms with van der Waals surface area (Å²) in [5.41, 5.74) is 1.50. The zero-order chi connectivity index (χ0) is 5.11. The molecule has 0 saturated heterocycles. The van der Waals surface area contributed by atoms with Crippen LogP contribution in [0.3, 0.4) is 0 Å². The zero-order valence-corrected chi connectivity index (χ0v) is 6.74. The van der Waals surface area contributed by atoms with Gasteiger partial charge >= 0.3 is 0 Å². The molecule has 0 saturated carbocycles. The number of hydrogen-bond donors (Lipinski definition) is 0. The smallest absolute Gasteiger partial charge is 0 e. The van der Waals surface area contributed by atoms with Crippen LogP contribution in [0.2, 0.25) is 0 Å². The van der Waals surface area contributed by atoms with E-state index >= 15 is 0 Å². The van der Waals surface area contributed by atoms with E-state index in [1.807, 2.05) is 0 Å². The van der Waals surface area contributed by atoms with Gasteiger partial charge in [-0.15, -0.1) is 0 Å². The Morgan fingerprint density at radius 3 is 2.50 bits per heavy atom. The first-order valence-corrected chi connectivity index (χ1v) is 2.72. The summed E-state index contributed by atoms with van der Waals surface area (Å²) in [4.78, 5) is 0. The van der Waals surface area contributed by atoms with Crippen molar-refractivity contribution in [2.75, 3.05) is 0 Å². The minimum Gasteiger partial charge on any atom is -0.0842 e. The zero-order valence-electron chi connectivity index (χ0n) is 5.00. The summed E-state index contributed by atoms with van der Waals surface area (Å²) in [6, 6.07) is 0. The molecule has 1 aliphatic carbocycles. The van der Waals surface area contributed by atoms with Crippen LogP contribution in [0.1, 0.15) is 19.8 Å². The first-order chi connectivity index (χ1) is 3.39. The second-order valence-electron chi connectivity index (χ2n) is 1.98. The third-order valence-corrected chi connectivity index (χ3v) is 1.22. The topological polar surface area (TPSA) is 0 Å². The van der Waals surface area contributed by atoms with Gasteiger partial charge in [-0.3, -0.25) is 0 Å². The molecule has 0 radical (unpaired) electrons. The van der Waals surface area contributed by atoms with Gasteiger partial charge in [-0.1, -0.05) is 23.8 Å². The Kier molecular flexibility index (Phi) is 4.08. The van der Waals surface area contributed by atoms with Gasteiger partial charge in [0.1, 0.15) is 0 Å². The van der Waals surface area contributed by atoms with E-state index in [1.54, 1.807) is 0 Å². The Morgan fingerprint density at radius 1 is 1.50 bits per heavy atom. The summed E-state index contributed by atoms with van der Waals surface area (Å²) < 4.78 is 0. The molecular weight excluding hydrogens is 185 g/mol. The molecule has 0 spiro atoms. The van der Waals surface area contributed by atoms with Crippen molar-refractivity contribution in [1.82, 2.24) is 0 Å². The first-order valence-electron chi connectivity index (χ1n) is 2.72. The molecule has 0 aromatic carbocycles. The molecule has 0 bridgehead atoms. The SMILES string of the molecule is CC1=CC=CCC1.[Ru]. The van der Waals surface area contributed by atoms with Gasteiger partial charge in [0.15, 0.2) is 0 Å². The van der Waals surface area contributed by atoms with E-state index in [1.165, 1.54) is 18.4 Å². The van der Waals surface area contributed by atoms with Crippen molar-refractivity contribution >= 4 is 0 Å². The molecule has 1 aliphatic rings. The third kappa shape index (κ3) is 2.42. The molecule has 1 rings (SSSR count). The summed E-state index contributed by atoms with van der Waals surface area (Å²) in [7, 11) is 0. The maximum absolute atomic E-state index is 2.20. The summed E-state index contributed by atoms with van der Waals surface area (Å²) in [5.74, 6) is 0. The van der Waals surface area contributed by atoms with Crippen molar-refractivity contribution in [2.24, 2.45) is 0 Å². The van der Waals surface area contributed by atoms with Crippen LogP contribution in [0.5, 0.6) is 0 Å². The van der Waals surface area contributed by atoms with E-state index in [-0.39, 0.29) is 19.5 Å². The molecular formula is C7H10Ru. The number of hydrogen-bond acceptors (Lipinski definition) is 0. The third-order valence-electron chi connectivity index (χ3n) is 1.22. The molecule has 0 unspecified atom stereocenters. The average Bonchev–Trinajstić information content (AvgIpc) is 1.69. The first kappa shape index (κ1) is 8.10. The maximum atomic E-state index is 2.20. The van der Waals surface area contributed by atoms with E-state index in [0.29, 0.717) is 0 Å². The van der Waals surface area contributed by atoms with E-state index < -0.39 is 0 Å². The van der Waals surface area contributed by atoms with Crippen molar-refractivity contribution in [3.63, 3.8) is 0 Å². The quantitative estimate of drug-likeness (QED) is 0.520. The minimum absolute atomic E-state index is 0. The number of allylic oxidation sites excluding steroid dienone is 4. The van der Waals surface area contributed by atoms with Gasteiger partial charge in [-0.05, 0) is 19.8 Å². The Bertz CT molecular complexity index is 112. The van der Waals surface area contributed by atoms with Crippen molar-refractivity contribution in [2.45, 2.75) is 19.8 Å². The van der Waals surface area contributed by atoms with Crippen molar-refractivity contribution in [3.8, 4) is 0 Å². The van der Waals surface area contributed by atoms with Crippen LogP contribution in [0.25, 0.3) is 0 Å². The molecule has 0 amide bonds. The van der Waals surface area contributed by atoms with Gasteiger partial charge in [-0.2, -0.15) is 0 Å². The van der Waals surface area contributed by atoms with E-state index in [2.05, 4.69) is 25.2 Å². The Morgan fingerprint density at radius 2 is 2.25 bits per heavy atom. The standard InChI is InChI=1S/C7H10.Ru/c1-7-5-3-2-4-6-7;/h2-3,5H,4,6H2,1H3;. The van der Waals surface area contributed by atoms with Crippen LogP contribution in [0.4, 0.5) is 0 Å². The Hall–Kier alpha value is 0.103. The fourth-order valence-electron chi connectivity index (χ4n) is 0.723. The van der Waals surface area contributed by atoms with Crippen molar-refractivity contribution in [3.05, 3.63) is 23.8 Å². The fourth-order valence-corrected chi connectivity index (χ4v) is 0.723. The average molecular weight is 195 g/mol. The molecule has 8 heavy (non-hydrogen) atoms. The molecule has 0 heterocycles. The van der Waals surface area contributed by atoms with Crippen molar-refractivity contribution < 1.29 is 19.5 Å². The van der Waals surface area contributed by atoms with Gasteiger partial charge < -0.3 is 0 Å². The molecule has 46 valence electrons. The van der Waals surface area contributed by atoms with Crippen LogP contribution in [0, 0.1) is 0 Å². The predicted molar refractivity (Wildman–Crippen MR) is 32.1 cm³/mol. The normalized spacial score (nSPS) is 16.9. The summed E-state index contributed by atoms with van der Waals surface area (Å²) in [6.07, 6.45) is 8.99. The van der Waals surface area contributed by atoms with Crippen LogP contribution >= 0.6 is 0 Å². The van der Waals surface area contributed by atoms with Gasteiger partial charge in [0.2, 0.25) is 0 Å². The summed E-state index contributed by atoms with van der Waals surface area (Å²) in [6.45, 7) is 2.17. The Balaban J connectivity index is 0.000000490. The fraction of sp³-hybridized carbons (Fsp3) is 0.429. The molecule has 1 heteroatoms. The second-order valence-corrected chi connectivity index (χ2v) is 1.98. The van der Waals surface area contributed by atoms with E-state index in [9.17, 15) is 0 Å². The van der Waals surface area contributed by atoms with Gasteiger partial charge in [0.05, 0.1) is 0 Å². The van der Waals surface area contributed by atoms with E-state index in [4.69, 9.17) is 0 Å². The van der Waals surface area contributed by atoms with Gasteiger partial charge in [0, 0.05) is 19.5 Å². The Labute approximate surface area is 63.4 Å². The molecule has 0 aliphatic heterocycles. The molecule has 0 aromatic rings. The molecule has 0 nitrogen and oxygen atoms in total. The molecule has 0 atom stereocenters. The van der Waals surface area contributed by atoms with E-state index in [0.717, 1.165) is 0 Å². The monoisotopic (exact) mass is 196 g/mol. The van der Waals surface area contributed by atoms with Crippen LogP contribution in [-0.4, -0.2) is 0 Å². The molecule has 0 N–H and O–H groups in total. The van der Waals surface area contributed by atoms with Crippen molar-refractivity contribution in [1.29, 1.82) is 0 Å². The van der Waals surface area contributed by atoms with Crippen LogP contribution < -0.4 is 0 Å². The molecule has 0 fully saturated rings. The van der Waals surface area contributed by atoms with Gasteiger partial charge in [-0.25, -0.2) is 0 Å². The molecule has 0 aromatic heterocycles. The van der Waals surface area contributed by atoms with Gasteiger partial charge in [0.25, 0.3) is 0 Å². The number of rotatable bonds is 0. The largest absolute Gasteiger partial charge is 0.0842 e. The minimum atomic E-state index is 0.